The maximum absolute atomic E-state index is 11.6. The number of anilines is 1. The van der Waals surface area contributed by atoms with Crippen molar-refractivity contribution in [2.75, 3.05) is 32.1 Å². The smallest absolute Gasteiger partial charge is 0.238 e. The number of rotatable bonds is 8. The lowest BCUT2D eigenvalue weighted by Crippen LogP contribution is -2.28. The van der Waals surface area contributed by atoms with Gasteiger partial charge in [0.15, 0.2) is 0 Å². The van der Waals surface area contributed by atoms with Crippen molar-refractivity contribution < 1.29 is 9.53 Å². The van der Waals surface area contributed by atoms with Crippen molar-refractivity contribution in [3.8, 4) is 0 Å². The van der Waals surface area contributed by atoms with Crippen molar-refractivity contribution in [3.63, 3.8) is 0 Å². The van der Waals surface area contributed by atoms with Crippen molar-refractivity contribution in [3.05, 3.63) is 29.8 Å². The molecule has 0 heterocycles. The number of ether oxygens (including phenoxy) is 1. The highest BCUT2D eigenvalue weighted by Gasteiger charge is 2.00. The summed E-state index contributed by atoms with van der Waals surface area (Å²) in [6.45, 7) is 3.98. The van der Waals surface area contributed by atoms with E-state index in [9.17, 15) is 4.79 Å². The van der Waals surface area contributed by atoms with Gasteiger partial charge in [0.25, 0.3) is 0 Å². The molecule has 0 aliphatic carbocycles. The van der Waals surface area contributed by atoms with Gasteiger partial charge in [0.05, 0.1) is 6.54 Å². The highest BCUT2D eigenvalue weighted by atomic mass is 16.5. The minimum atomic E-state index is -0.00871. The van der Waals surface area contributed by atoms with Crippen LogP contribution in [0.1, 0.15) is 18.4 Å². The molecule has 1 aromatic rings. The SMILES string of the molecule is COCCCCNCC(=O)Nc1ccc(C)cc1. The van der Waals surface area contributed by atoms with E-state index in [1.54, 1.807) is 7.11 Å². The maximum atomic E-state index is 11.6. The Morgan fingerprint density at radius 3 is 2.61 bits per heavy atom. The molecule has 0 aromatic heterocycles. The quantitative estimate of drug-likeness (QED) is 0.693. The lowest BCUT2D eigenvalue weighted by atomic mass is 10.2. The third kappa shape index (κ3) is 6.37. The van der Waals surface area contributed by atoms with Gasteiger partial charge < -0.3 is 15.4 Å². The number of carbonyl (C=O) groups excluding carboxylic acids is 1. The average molecular weight is 250 g/mol. The van der Waals surface area contributed by atoms with E-state index in [4.69, 9.17) is 4.74 Å². The van der Waals surface area contributed by atoms with Gasteiger partial charge in [-0.2, -0.15) is 0 Å². The molecule has 0 saturated heterocycles. The van der Waals surface area contributed by atoms with E-state index in [2.05, 4.69) is 10.6 Å². The van der Waals surface area contributed by atoms with Crippen molar-refractivity contribution >= 4 is 11.6 Å². The van der Waals surface area contributed by atoms with Crippen LogP contribution < -0.4 is 10.6 Å². The van der Waals surface area contributed by atoms with Gasteiger partial charge in [-0.15, -0.1) is 0 Å². The Labute approximate surface area is 109 Å². The summed E-state index contributed by atoms with van der Waals surface area (Å²) in [7, 11) is 1.70. The summed E-state index contributed by atoms with van der Waals surface area (Å²) in [5, 5.41) is 5.95. The minimum absolute atomic E-state index is 0.00871. The third-order valence-corrected chi connectivity index (χ3v) is 2.57. The Kier molecular flexibility index (Phi) is 7.06. The Hall–Kier alpha value is -1.39. The van der Waals surface area contributed by atoms with Crippen molar-refractivity contribution in [2.45, 2.75) is 19.8 Å². The van der Waals surface area contributed by atoms with Gasteiger partial charge in [-0.1, -0.05) is 17.7 Å². The van der Waals surface area contributed by atoms with Crippen LogP contribution in [0.5, 0.6) is 0 Å². The molecule has 0 aliphatic rings. The summed E-state index contributed by atoms with van der Waals surface area (Å²) in [5.41, 5.74) is 2.02. The second-order valence-corrected chi connectivity index (χ2v) is 4.29. The standard InChI is InChI=1S/C14H22N2O2/c1-12-5-7-13(8-6-12)16-14(17)11-15-9-3-4-10-18-2/h5-8,15H,3-4,9-11H2,1-2H3,(H,16,17). The van der Waals surface area contributed by atoms with Crippen LogP contribution in [0.25, 0.3) is 0 Å². The van der Waals surface area contributed by atoms with Crippen LogP contribution in [0.15, 0.2) is 24.3 Å². The molecule has 0 atom stereocenters. The summed E-state index contributed by atoms with van der Waals surface area (Å²) in [6, 6.07) is 7.78. The first-order valence-electron chi connectivity index (χ1n) is 6.28. The zero-order chi connectivity index (χ0) is 13.2. The molecule has 100 valence electrons. The van der Waals surface area contributed by atoms with Crippen LogP contribution in [0.2, 0.25) is 0 Å². The van der Waals surface area contributed by atoms with Crippen LogP contribution in [-0.4, -0.2) is 32.7 Å². The van der Waals surface area contributed by atoms with Crippen LogP contribution in [0.3, 0.4) is 0 Å². The van der Waals surface area contributed by atoms with Gasteiger partial charge >= 0.3 is 0 Å². The molecule has 4 nitrogen and oxygen atoms in total. The number of unbranched alkanes of at least 4 members (excludes halogenated alkanes) is 1. The predicted molar refractivity (Wildman–Crippen MR) is 73.8 cm³/mol. The molecule has 0 aliphatic heterocycles. The third-order valence-electron chi connectivity index (χ3n) is 2.57. The molecule has 1 amide bonds. The number of amides is 1. The molecule has 2 N–H and O–H groups in total. The predicted octanol–water partition coefficient (Wildman–Crippen LogP) is 1.95. The number of nitrogens with one attached hydrogen (secondary N) is 2. The normalized spacial score (nSPS) is 10.3. The Balaban J connectivity index is 2.12. The van der Waals surface area contributed by atoms with Gasteiger partial charge in [0.1, 0.15) is 0 Å². The highest BCUT2D eigenvalue weighted by molar-refractivity contribution is 5.92. The summed E-state index contributed by atoms with van der Waals surface area (Å²) >= 11 is 0. The molecule has 1 rings (SSSR count). The van der Waals surface area contributed by atoms with Crippen LogP contribution in [0, 0.1) is 6.92 Å². The lowest BCUT2D eigenvalue weighted by molar-refractivity contribution is -0.115. The molecule has 0 spiro atoms. The van der Waals surface area contributed by atoms with E-state index in [0.717, 1.165) is 31.7 Å². The lowest BCUT2D eigenvalue weighted by Gasteiger charge is -2.07. The minimum Gasteiger partial charge on any atom is -0.385 e. The van der Waals surface area contributed by atoms with Crippen LogP contribution in [-0.2, 0) is 9.53 Å². The molecule has 18 heavy (non-hydrogen) atoms. The monoisotopic (exact) mass is 250 g/mol. The van der Waals surface area contributed by atoms with Crippen LogP contribution in [0.4, 0.5) is 5.69 Å². The summed E-state index contributed by atoms with van der Waals surface area (Å²) in [4.78, 5) is 11.6. The van der Waals surface area contributed by atoms with Crippen molar-refractivity contribution in [2.24, 2.45) is 0 Å². The number of carbonyl (C=O) groups is 1. The second-order valence-electron chi connectivity index (χ2n) is 4.29. The van der Waals surface area contributed by atoms with E-state index >= 15 is 0 Å². The summed E-state index contributed by atoms with van der Waals surface area (Å²) < 4.78 is 4.95. The fraction of sp³-hybridized carbons (Fsp3) is 0.500. The summed E-state index contributed by atoms with van der Waals surface area (Å²) in [6.07, 6.45) is 2.04. The largest absolute Gasteiger partial charge is 0.385 e. The molecule has 0 unspecified atom stereocenters. The zero-order valence-corrected chi connectivity index (χ0v) is 11.2. The Bertz CT molecular complexity index is 349. The molecule has 4 heteroatoms. The van der Waals surface area contributed by atoms with E-state index in [1.165, 1.54) is 5.56 Å². The van der Waals surface area contributed by atoms with E-state index in [0.29, 0.717) is 6.54 Å². The Morgan fingerprint density at radius 1 is 1.22 bits per heavy atom. The van der Waals surface area contributed by atoms with Gasteiger partial charge in [-0.25, -0.2) is 0 Å². The van der Waals surface area contributed by atoms with Crippen LogP contribution >= 0.6 is 0 Å². The molecule has 0 fully saturated rings. The maximum Gasteiger partial charge on any atom is 0.238 e. The average Bonchev–Trinajstić information content (AvgIpc) is 2.36. The number of methoxy groups -OCH3 is 1. The van der Waals surface area contributed by atoms with Gasteiger partial charge in [-0.3, -0.25) is 4.79 Å². The van der Waals surface area contributed by atoms with Crippen molar-refractivity contribution in [1.29, 1.82) is 0 Å². The zero-order valence-electron chi connectivity index (χ0n) is 11.2. The van der Waals surface area contributed by atoms with Gasteiger partial charge in [0, 0.05) is 19.4 Å². The number of aryl methyl sites for hydroxylation is 1. The second kappa shape index (κ2) is 8.66. The van der Waals surface area contributed by atoms with Crippen molar-refractivity contribution in [1.82, 2.24) is 5.32 Å². The fourth-order valence-corrected chi connectivity index (χ4v) is 1.54. The van der Waals surface area contributed by atoms with E-state index < -0.39 is 0 Å². The van der Waals surface area contributed by atoms with E-state index in [1.807, 2.05) is 31.2 Å². The molecular formula is C14H22N2O2. The fourth-order valence-electron chi connectivity index (χ4n) is 1.54. The molecular weight excluding hydrogens is 228 g/mol. The number of hydrogen-bond acceptors (Lipinski definition) is 3. The first-order chi connectivity index (χ1) is 8.72. The Morgan fingerprint density at radius 2 is 1.94 bits per heavy atom. The first kappa shape index (κ1) is 14.7. The molecule has 0 radical (unpaired) electrons. The number of benzene rings is 1. The van der Waals surface area contributed by atoms with Gasteiger partial charge in [0.2, 0.25) is 5.91 Å². The van der Waals surface area contributed by atoms with Gasteiger partial charge in [-0.05, 0) is 38.4 Å². The molecule has 0 saturated carbocycles. The summed E-state index contributed by atoms with van der Waals surface area (Å²) in [5.74, 6) is -0.00871. The highest BCUT2D eigenvalue weighted by Crippen LogP contribution is 2.07. The first-order valence-corrected chi connectivity index (χ1v) is 6.28. The number of hydrogen-bond donors (Lipinski definition) is 2. The molecule has 0 bridgehead atoms. The topological polar surface area (TPSA) is 50.4 Å². The molecule has 1 aromatic carbocycles. The van der Waals surface area contributed by atoms with E-state index in [-0.39, 0.29) is 5.91 Å².